The summed E-state index contributed by atoms with van der Waals surface area (Å²) in [5.74, 6) is -0.375. The molecule has 1 aromatic carbocycles. The number of hydrogen-bond donors (Lipinski definition) is 2. The van der Waals surface area contributed by atoms with Crippen LogP contribution in [-0.2, 0) is 4.79 Å². The standard InChI is InChI=1S/C14H17N3OS/c1-10(14-16-7-8-19-14)17-13(18)12(9-15)11-5-3-2-4-6-11/h2-8,10,12H,9,15H2,1H3,(H,17,18). The third-order valence-corrected chi connectivity index (χ3v) is 3.89. The van der Waals surface area contributed by atoms with E-state index in [4.69, 9.17) is 5.73 Å². The van der Waals surface area contributed by atoms with Gasteiger partial charge in [0.2, 0.25) is 5.91 Å². The molecule has 0 radical (unpaired) electrons. The zero-order chi connectivity index (χ0) is 13.7. The number of carbonyl (C=O) groups is 1. The second-order valence-electron chi connectivity index (χ2n) is 4.30. The minimum absolute atomic E-state index is 0.0589. The lowest BCUT2D eigenvalue weighted by molar-refractivity contribution is -0.123. The van der Waals surface area contributed by atoms with Crippen molar-refractivity contribution in [2.24, 2.45) is 5.73 Å². The molecule has 0 fully saturated rings. The third-order valence-electron chi connectivity index (χ3n) is 2.93. The van der Waals surface area contributed by atoms with Crippen molar-refractivity contribution in [1.82, 2.24) is 10.3 Å². The van der Waals surface area contributed by atoms with Gasteiger partial charge in [0.25, 0.3) is 0 Å². The number of nitrogens with one attached hydrogen (secondary N) is 1. The van der Waals surface area contributed by atoms with E-state index in [2.05, 4.69) is 10.3 Å². The Morgan fingerprint density at radius 3 is 2.74 bits per heavy atom. The highest BCUT2D eigenvalue weighted by Crippen LogP contribution is 2.18. The first kappa shape index (κ1) is 13.7. The van der Waals surface area contributed by atoms with Crippen molar-refractivity contribution in [1.29, 1.82) is 0 Å². The van der Waals surface area contributed by atoms with Crippen LogP contribution in [0.4, 0.5) is 0 Å². The summed E-state index contributed by atoms with van der Waals surface area (Å²) in [6, 6.07) is 9.50. The number of nitrogens with zero attached hydrogens (tertiary/aromatic N) is 1. The third kappa shape index (κ3) is 3.39. The fourth-order valence-electron chi connectivity index (χ4n) is 1.90. The Bertz CT molecular complexity index is 513. The number of amides is 1. The van der Waals surface area contributed by atoms with Gasteiger partial charge < -0.3 is 11.1 Å². The fourth-order valence-corrected chi connectivity index (χ4v) is 2.55. The van der Waals surface area contributed by atoms with Crippen LogP contribution in [0.5, 0.6) is 0 Å². The number of nitrogens with two attached hydrogens (primary N) is 1. The van der Waals surface area contributed by atoms with Gasteiger partial charge in [-0.05, 0) is 12.5 Å². The molecule has 0 bridgehead atoms. The van der Waals surface area contributed by atoms with Crippen molar-refractivity contribution < 1.29 is 4.79 Å². The van der Waals surface area contributed by atoms with E-state index in [1.54, 1.807) is 6.20 Å². The zero-order valence-corrected chi connectivity index (χ0v) is 11.6. The molecule has 0 saturated heterocycles. The molecule has 2 rings (SSSR count). The van der Waals surface area contributed by atoms with Gasteiger partial charge in [-0.2, -0.15) is 0 Å². The van der Waals surface area contributed by atoms with Crippen molar-refractivity contribution >= 4 is 17.2 Å². The number of hydrogen-bond acceptors (Lipinski definition) is 4. The Morgan fingerprint density at radius 1 is 1.42 bits per heavy atom. The Morgan fingerprint density at radius 2 is 2.16 bits per heavy atom. The molecule has 0 saturated carbocycles. The molecule has 5 heteroatoms. The number of aromatic nitrogens is 1. The molecule has 1 amide bonds. The van der Waals surface area contributed by atoms with Gasteiger partial charge in [-0.15, -0.1) is 11.3 Å². The van der Waals surface area contributed by atoms with E-state index in [1.807, 2.05) is 42.6 Å². The molecular formula is C14H17N3OS. The smallest absolute Gasteiger partial charge is 0.229 e. The van der Waals surface area contributed by atoms with Gasteiger partial charge in [0.05, 0.1) is 12.0 Å². The second-order valence-corrected chi connectivity index (χ2v) is 5.23. The van der Waals surface area contributed by atoms with E-state index in [9.17, 15) is 4.79 Å². The molecule has 3 N–H and O–H groups in total. The van der Waals surface area contributed by atoms with E-state index < -0.39 is 0 Å². The van der Waals surface area contributed by atoms with Gasteiger partial charge in [0.1, 0.15) is 5.01 Å². The molecule has 0 aliphatic heterocycles. The summed E-state index contributed by atoms with van der Waals surface area (Å²) in [4.78, 5) is 16.5. The molecule has 0 aliphatic carbocycles. The van der Waals surface area contributed by atoms with Crippen LogP contribution in [0.3, 0.4) is 0 Å². The lowest BCUT2D eigenvalue weighted by Gasteiger charge is -2.18. The highest BCUT2D eigenvalue weighted by Gasteiger charge is 2.21. The van der Waals surface area contributed by atoms with Crippen molar-refractivity contribution in [3.63, 3.8) is 0 Å². The summed E-state index contributed by atoms with van der Waals surface area (Å²) in [7, 11) is 0. The van der Waals surface area contributed by atoms with E-state index in [1.165, 1.54) is 11.3 Å². The molecule has 0 spiro atoms. The average molecular weight is 275 g/mol. The monoisotopic (exact) mass is 275 g/mol. The van der Waals surface area contributed by atoms with Gasteiger partial charge >= 0.3 is 0 Å². The zero-order valence-electron chi connectivity index (χ0n) is 10.7. The van der Waals surface area contributed by atoms with Crippen LogP contribution in [0.15, 0.2) is 41.9 Å². The minimum Gasteiger partial charge on any atom is -0.347 e. The summed E-state index contributed by atoms with van der Waals surface area (Å²) >= 11 is 1.53. The molecule has 2 aromatic rings. The first-order valence-electron chi connectivity index (χ1n) is 6.17. The lowest BCUT2D eigenvalue weighted by atomic mass is 9.98. The first-order valence-corrected chi connectivity index (χ1v) is 7.05. The van der Waals surface area contributed by atoms with Gasteiger partial charge in [-0.25, -0.2) is 4.98 Å². The molecule has 0 aliphatic rings. The summed E-state index contributed by atoms with van der Waals surface area (Å²) in [5.41, 5.74) is 6.67. The van der Waals surface area contributed by atoms with Crippen LogP contribution in [-0.4, -0.2) is 17.4 Å². The van der Waals surface area contributed by atoms with Crippen LogP contribution >= 0.6 is 11.3 Å². The Kier molecular flexibility index (Phi) is 4.65. The van der Waals surface area contributed by atoms with E-state index in [0.29, 0.717) is 6.54 Å². The van der Waals surface area contributed by atoms with E-state index in [-0.39, 0.29) is 17.9 Å². The van der Waals surface area contributed by atoms with E-state index in [0.717, 1.165) is 10.6 Å². The number of rotatable bonds is 5. The van der Waals surface area contributed by atoms with Crippen molar-refractivity contribution in [2.75, 3.05) is 6.54 Å². The Hall–Kier alpha value is -1.72. The predicted molar refractivity (Wildman–Crippen MR) is 76.9 cm³/mol. The average Bonchev–Trinajstić information content (AvgIpc) is 2.94. The van der Waals surface area contributed by atoms with Crippen LogP contribution in [0.25, 0.3) is 0 Å². The predicted octanol–water partition coefficient (Wildman–Crippen LogP) is 2.06. The van der Waals surface area contributed by atoms with Crippen LogP contribution in [0.1, 0.15) is 29.5 Å². The Balaban J connectivity index is 2.06. The molecule has 2 unspecified atom stereocenters. The number of thiazole rings is 1. The second kappa shape index (κ2) is 6.45. The van der Waals surface area contributed by atoms with Gasteiger partial charge in [-0.1, -0.05) is 30.3 Å². The maximum atomic E-state index is 12.3. The molecule has 2 atom stereocenters. The van der Waals surface area contributed by atoms with Crippen LogP contribution < -0.4 is 11.1 Å². The van der Waals surface area contributed by atoms with Gasteiger partial charge in [0.15, 0.2) is 0 Å². The van der Waals surface area contributed by atoms with Crippen molar-refractivity contribution in [3.8, 4) is 0 Å². The number of benzene rings is 1. The maximum Gasteiger partial charge on any atom is 0.229 e. The van der Waals surface area contributed by atoms with Crippen molar-refractivity contribution in [3.05, 3.63) is 52.5 Å². The summed E-state index contributed by atoms with van der Waals surface area (Å²) in [6.07, 6.45) is 1.74. The first-order chi connectivity index (χ1) is 9.22. The largest absolute Gasteiger partial charge is 0.347 e. The maximum absolute atomic E-state index is 12.3. The molecule has 4 nitrogen and oxygen atoms in total. The summed E-state index contributed by atoms with van der Waals surface area (Å²) in [6.45, 7) is 2.22. The van der Waals surface area contributed by atoms with E-state index >= 15 is 0 Å². The fraction of sp³-hybridized carbons (Fsp3) is 0.286. The van der Waals surface area contributed by atoms with Gasteiger partial charge in [0, 0.05) is 18.1 Å². The number of carbonyl (C=O) groups excluding carboxylic acids is 1. The van der Waals surface area contributed by atoms with Gasteiger partial charge in [-0.3, -0.25) is 4.79 Å². The summed E-state index contributed by atoms with van der Waals surface area (Å²) < 4.78 is 0. The molecule has 19 heavy (non-hydrogen) atoms. The molecule has 1 aromatic heterocycles. The SMILES string of the molecule is CC(NC(=O)C(CN)c1ccccc1)c1nccs1. The molecular weight excluding hydrogens is 258 g/mol. The molecule has 100 valence electrons. The Labute approximate surface area is 116 Å². The minimum atomic E-state index is -0.316. The quantitative estimate of drug-likeness (QED) is 0.877. The highest BCUT2D eigenvalue weighted by molar-refractivity contribution is 7.09. The lowest BCUT2D eigenvalue weighted by Crippen LogP contribution is -2.35. The van der Waals surface area contributed by atoms with Crippen LogP contribution in [0.2, 0.25) is 0 Å². The topological polar surface area (TPSA) is 68.0 Å². The van der Waals surface area contributed by atoms with Crippen molar-refractivity contribution in [2.45, 2.75) is 18.9 Å². The normalized spacial score (nSPS) is 13.8. The molecule has 1 heterocycles. The summed E-state index contributed by atoms with van der Waals surface area (Å²) in [5, 5.41) is 5.76. The highest BCUT2D eigenvalue weighted by atomic mass is 32.1. The van der Waals surface area contributed by atoms with Crippen LogP contribution in [0, 0.1) is 0 Å².